The van der Waals surface area contributed by atoms with Crippen LogP contribution in [0.2, 0.25) is 0 Å². The second-order valence-corrected chi connectivity index (χ2v) is 6.33. The summed E-state index contributed by atoms with van der Waals surface area (Å²) < 4.78 is 39.6. The highest BCUT2D eigenvalue weighted by Crippen LogP contribution is 2.32. The van der Waals surface area contributed by atoms with Crippen LogP contribution in [0, 0.1) is 5.92 Å². The molecule has 1 aliphatic carbocycles. The van der Waals surface area contributed by atoms with E-state index in [4.69, 9.17) is 5.73 Å². The lowest BCUT2D eigenvalue weighted by Gasteiger charge is -2.28. The third-order valence-corrected chi connectivity index (χ3v) is 4.52. The monoisotopic (exact) mass is 355 g/mol. The number of nitrogens with two attached hydrogens (primary N) is 1. The van der Waals surface area contributed by atoms with Gasteiger partial charge in [0.25, 0.3) is 0 Å². The number of hydrogen-bond donors (Lipinski definition) is 2. The summed E-state index contributed by atoms with van der Waals surface area (Å²) in [5, 5.41) is 2.96. The molecule has 25 heavy (non-hydrogen) atoms. The summed E-state index contributed by atoms with van der Waals surface area (Å²) in [5.74, 6) is -0.830. The van der Waals surface area contributed by atoms with Crippen molar-refractivity contribution in [1.82, 2.24) is 9.97 Å². The van der Waals surface area contributed by atoms with Crippen LogP contribution in [-0.2, 0) is 11.0 Å². The van der Waals surface area contributed by atoms with Crippen LogP contribution >= 0.6 is 0 Å². The molecule has 1 aliphatic heterocycles. The summed E-state index contributed by atoms with van der Waals surface area (Å²) in [6.07, 6.45) is 1.93. The number of carbonyl (C=O) groups excluding carboxylic acids is 1. The van der Waals surface area contributed by atoms with Crippen molar-refractivity contribution >= 4 is 17.7 Å². The van der Waals surface area contributed by atoms with Crippen molar-refractivity contribution in [3.8, 4) is 0 Å². The number of nitrogens with zero attached hydrogens (tertiary/aromatic N) is 3. The number of hydrogen-bond acceptors (Lipinski definition) is 5. The van der Waals surface area contributed by atoms with E-state index >= 15 is 0 Å². The highest BCUT2D eigenvalue weighted by atomic mass is 19.4. The molecule has 2 heterocycles. The number of rotatable bonds is 4. The van der Waals surface area contributed by atoms with E-state index in [-0.39, 0.29) is 17.8 Å². The van der Waals surface area contributed by atoms with E-state index in [2.05, 4.69) is 15.3 Å². The molecule has 1 aromatic heterocycles. The van der Waals surface area contributed by atoms with Crippen molar-refractivity contribution in [1.29, 1.82) is 0 Å². The number of amides is 1. The van der Waals surface area contributed by atoms with Crippen molar-refractivity contribution in [3.05, 3.63) is 23.9 Å². The van der Waals surface area contributed by atoms with Crippen LogP contribution in [0.15, 0.2) is 18.2 Å². The van der Waals surface area contributed by atoms with Crippen molar-refractivity contribution in [2.75, 3.05) is 23.3 Å². The van der Waals surface area contributed by atoms with Crippen LogP contribution in [0.3, 0.4) is 0 Å². The molecular weight excluding hydrogens is 335 g/mol. The highest BCUT2D eigenvalue weighted by Gasteiger charge is 2.35. The first-order valence-electron chi connectivity index (χ1n) is 8.26. The van der Waals surface area contributed by atoms with E-state index in [9.17, 15) is 18.0 Å². The fourth-order valence-corrected chi connectivity index (χ4v) is 3.19. The Balaban J connectivity index is 1.90. The highest BCUT2D eigenvalue weighted by molar-refractivity contribution is 5.78. The predicted molar refractivity (Wildman–Crippen MR) is 87.0 cm³/mol. The number of allylic oxidation sites excluding steroid dienone is 1. The molecule has 0 saturated carbocycles. The molecule has 1 saturated heterocycles. The van der Waals surface area contributed by atoms with E-state index in [1.54, 1.807) is 4.90 Å². The first-order chi connectivity index (χ1) is 11.8. The smallest absolute Gasteiger partial charge is 0.369 e. The Bertz CT molecular complexity index is 670. The topological polar surface area (TPSA) is 84.1 Å². The number of halogens is 3. The number of nitrogens with one attached hydrogen (secondary N) is 1. The number of anilines is 2. The largest absolute Gasteiger partial charge is 0.433 e. The van der Waals surface area contributed by atoms with Gasteiger partial charge < -0.3 is 16.0 Å². The fraction of sp³-hybridized carbons (Fsp3) is 0.562. The number of carbonyl (C=O) groups is 1. The van der Waals surface area contributed by atoms with Crippen LogP contribution in [0.4, 0.5) is 24.9 Å². The molecule has 136 valence electrons. The zero-order valence-electron chi connectivity index (χ0n) is 13.6. The minimum Gasteiger partial charge on any atom is -0.369 e. The van der Waals surface area contributed by atoms with Crippen LogP contribution in [-0.4, -0.2) is 35.0 Å². The second-order valence-electron chi connectivity index (χ2n) is 6.33. The van der Waals surface area contributed by atoms with Crippen molar-refractivity contribution in [2.24, 2.45) is 11.7 Å². The summed E-state index contributed by atoms with van der Waals surface area (Å²) in [7, 11) is 0. The number of primary amides is 1. The van der Waals surface area contributed by atoms with E-state index < -0.39 is 23.7 Å². The molecule has 1 amide bonds. The zero-order chi connectivity index (χ0) is 18.0. The minimum atomic E-state index is -4.57. The second kappa shape index (κ2) is 6.89. The first kappa shape index (κ1) is 17.5. The van der Waals surface area contributed by atoms with E-state index in [0.29, 0.717) is 25.9 Å². The molecule has 0 spiro atoms. The summed E-state index contributed by atoms with van der Waals surface area (Å²) >= 11 is 0. The molecule has 1 fully saturated rings. The van der Waals surface area contributed by atoms with Crippen LogP contribution in [0.25, 0.3) is 0 Å². The Morgan fingerprint density at radius 1 is 1.20 bits per heavy atom. The average Bonchev–Trinajstić information content (AvgIpc) is 3.08. The summed E-state index contributed by atoms with van der Waals surface area (Å²) in [5.41, 5.74) is 4.41. The maximum Gasteiger partial charge on any atom is 0.433 e. The van der Waals surface area contributed by atoms with Gasteiger partial charge in [-0.25, -0.2) is 4.98 Å². The van der Waals surface area contributed by atoms with Gasteiger partial charge in [0.15, 0.2) is 5.69 Å². The van der Waals surface area contributed by atoms with Crippen molar-refractivity contribution < 1.29 is 18.0 Å². The summed E-state index contributed by atoms with van der Waals surface area (Å²) in [6, 6.07) is 0.501. The van der Waals surface area contributed by atoms with E-state index in [0.717, 1.165) is 18.9 Å². The molecule has 2 aliphatic rings. The quantitative estimate of drug-likeness (QED) is 0.810. The molecule has 1 aromatic rings. The van der Waals surface area contributed by atoms with Gasteiger partial charge in [0.05, 0.1) is 5.92 Å². The molecular formula is C16H20F3N5O. The lowest BCUT2D eigenvalue weighted by Crippen LogP contribution is -2.39. The molecule has 6 nitrogen and oxygen atoms in total. The maximum atomic E-state index is 13.2. The molecule has 0 bridgehead atoms. The third kappa shape index (κ3) is 4.02. The lowest BCUT2D eigenvalue weighted by atomic mass is 9.88. The van der Waals surface area contributed by atoms with E-state index in [1.807, 2.05) is 12.2 Å². The number of alkyl halides is 3. The van der Waals surface area contributed by atoms with Gasteiger partial charge >= 0.3 is 6.18 Å². The standard InChI is InChI=1S/C16H20F3N5O/c17-16(18,19)12-9-13(23-15(22-12)24-7-3-4-8-24)21-11-6-2-1-5-10(11)14(20)25/h1-2,9-11H,3-8H2,(H2,20,25)(H,21,22,23)/t10-,11-/m1/s1. The molecule has 0 radical (unpaired) electrons. The Labute approximate surface area is 143 Å². The summed E-state index contributed by atoms with van der Waals surface area (Å²) in [4.78, 5) is 21.2. The molecule has 3 rings (SSSR count). The average molecular weight is 355 g/mol. The molecule has 0 unspecified atom stereocenters. The Morgan fingerprint density at radius 3 is 2.52 bits per heavy atom. The Hall–Kier alpha value is -2.32. The SMILES string of the molecule is NC(=O)[C@@H]1CC=CC[C@H]1Nc1cc(C(F)(F)F)nc(N2CCCC2)n1. The molecule has 0 aromatic carbocycles. The van der Waals surface area contributed by atoms with Crippen LogP contribution in [0.1, 0.15) is 31.4 Å². The van der Waals surface area contributed by atoms with Gasteiger partial charge in [0.2, 0.25) is 11.9 Å². The van der Waals surface area contributed by atoms with Crippen LogP contribution in [0.5, 0.6) is 0 Å². The van der Waals surface area contributed by atoms with Gasteiger partial charge in [0.1, 0.15) is 5.82 Å². The maximum absolute atomic E-state index is 13.2. The molecule has 2 atom stereocenters. The Kier molecular flexibility index (Phi) is 4.82. The van der Waals surface area contributed by atoms with Gasteiger partial charge in [-0.15, -0.1) is 0 Å². The van der Waals surface area contributed by atoms with Gasteiger partial charge in [0, 0.05) is 25.2 Å². The van der Waals surface area contributed by atoms with Crippen molar-refractivity contribution in [3.63, 3.8) is 0 Å². The van der Waals surface area contributed by atoms with Crippen LogP contribution < -0.4 is 16.0 Å². The van der Waals surface area contributed by atoms with E-state index in [1.165, 1.54) is 0 Å². The van der Waals surface area contributed by atoms with Crippen molar-refractivity contribution in [2.45, 2.75) is 37.9 Å². The fourth-order valence-electron chi connectivity index (χ4n) is 3.19. The normalized spacial score (nSPS) is 23.7. The minimum absolute atomic E-state index is 0.0655. The van der Waals surface area contributed by atoms with Gasteiger partial charge in [-0.1, -0.05) is 12.2 Å². The molecule has 3 N–H and O–H groups in total. The van der Waals surface area contributed by atoms with Gasteiger partial charge in [-0.3, -0.25) is 4.79 Å². The van der Waals surface area contributed by atoms with Gasteiger partial charge in [-0.2, -0.15) is 18.2 Å². The predicted octanol–water partition coefficient (Wildman–Crippen LogP) is 2.33. The summed E-state index contributed by atoms with van der Waals surface area (Å²) in [6.45, 7) is 1.27. The number of aromatic nitrogens is 2. The first-order valence-corrected chi connectivity index (χ1v) is 8.26. The zero-order valence-corrected chi connectivity index (χ0v) is 13.6. The third-order valence-electron chi connectivity index (χ3n) is 4.52. The lowest BCUT2D eigenvalue weighted by molar-refractivity contribution is -0.141. The van der Waals surface area contributed by atoms with Gasteiger partial charge in [-0.05, 0) is 25.7 Å². The molecule has 9 heteroatoms. The Morgan fingerprint density at radius 2 is 1.88 bits per heavy atom.